The lowest BCUT2D eigenvalue weighted by Gasteiger charge is -2.11. The van der Waals surface area contributed by atoms with Crippen LogP contribution in [0.3, 0.4) is 0 Å². The minimum atomic E-state index is -0.785. The van der Waals surface area contributed by atoms with E-state index in [1.807, 2.05) is 6.07 Å². The van der Waals surface area contributed by atoms with Gasteiger partial charge < -0.3 is 10.5 Å². The molecule has 0 bridgehead atoms. The molecule has 1 aromatic carbocycles. The van der Waals surface area contributed by atoms with Crippen LogP contribution in [0.25, 0.3) is 0 Å². The minimum absolute atomic E-state index is 0.365. The summed E-state index contributed by atoms with van der Waals surface area (Å²) in [5.74, 6) is 0. The van der Waals surface area contributed by atoms with Crippen LogP contribution in [-0.2, 0) is 4.74 Å². The van der Waals surface area contributed by atoms with Crippen molar-refractivity contribution >= 4 is 17.7 Å². The van der Waals surface area contributed by atoms with E-state index in [9.17, 15) is 4.79 Å². The first-order valence-corrected chi connectivity index (χ1v) is 4.19. The molecule has 13 heavy (non-hydrogen) atoms. The number of rotatable bonds is 2. The Morgan fingerprint density at radius 2 is 2.31 bits per heavy atom. The Hall–Kier alpha value is -1.22. The predicted octanol–water partition coefficient (Wildman–Crippen LogP) is 2.50. The molecule has 1 aromatic rings. The number of hydrogen-bond acceptors (Lipinski definition) is 2. The normalized spacial score (nSPS) is 12.2. The van der Waals surface area contributed by atoms with E-state index in [0.717, 1.165) is 5.56 Å². The van der Waals surface area contributed by atoms with Gasteiger partial charge in [0.15, 0.2) is 0 Å². The summed E-state index contributed by atoms with van der Waals surface area (Å²) in [5, 5.41) is 0.609. The molecule has 0 aliphatic carbocycles. The molecular formula is C9H10ClNO2. The molecule has 1 atom stereocenters. The Bertz CT molecular complexity index is 314. The van der Waals surface area contributed by atoms with Crippen LogP contribution in [0, 0.1) is 0 Å². The van der Waals surface area contributed by atoms with Crippen molar-refractivity contribution in [1.82, 2.24) is 0 Å². The number of hydrogen-bond donors (Lipinski definition) is 1. The van der Waals surface area contributed by atoms with Gasteiger partial charge in [-0.2, -0.15) is 0 Å². The van der Waals surface area contributed by atoms with Crippen molar-refractivity contribution < 1.29 is 9.53 Å². The quantitative estimate of drug-likeness (QED) is 0.796. The predicted molar refractivity (Wildman–Crippen MR) is 50.5 cm³/mol. The molecule has 1 rings (SSSR count). The van der Waals surface area contributed by atoms with Crippen LogP contribution in [0.4, 0.5) is 4.79 Å². The van der Waals surface area contributed by atoms with E-state index in [4.69, 9.17) is 22.1 Å². The van der Waals surface area contributed by atoms with Crippen LogP contribution >= 0.6 is 11.6 Å². The summed E-state index contributed by atoms with van der Waals surface area (Å²) in [6, 6.07) is 7.09. The summed E-state index contributed by atoms with van der Waals surface area (Å²) in [5.41, 5.74) is 5.70. The van der Waals surface area contributed by atoms with Crippen molar-refractivity contribution in [2.24, 2.45) is 5.73 Å². The molecule has 0 spiro atoms. The Kier molecular flexibility index (Phi) is 3.14. The molecule has 0 heterocycles. The zero-order chi connectivity index (χ0) is 9.84. The van der Waals surface area contributed by atoms with Gasteiger partial charge in [-0.1, -0.05) is 23.7 Å². The van der Waals surface area contributed by atoms with Crippen molar-refractivity contribution in [2.75, 3.05) is 0 Å². The first kappa shape index (κ1) is 9.86. The molecule has 70 valence electrons. The first-order chi connectivity index (χ1) is 6.09. The summed E-state index contributed by atoms with van der Waals surface area (Å²) in [7, 11) is 0. The second-order valence-corrected chi connectivity index (χ2v) is 3.07. The Labute approximate surface area is 81.4 Å². The van der Waals surface area contributed by atoms with Crippen molar-refractivity contribution in [3.05, 3.63) is 34.9 Å². The molecule has 4 heteroatoms. The van der Waals surface area contributed by atoms with E-state index in [1.54, 1.807) is 25.1 Å². The van der Waals surface area contributed by atoms with Crippen molar-refractivity contribution in [1.29, 1.82) is 0 Å². The molecular weight excluding hydrogens is 190 g/mol. The van der Waals surface area contributed by atoms with Crippen molar-refractivity contribution in [2.45, 2.75) is 13.0 Å². The maximum Gasteiger partial charge on any atom is 0.405 e. The minimum Gasteiger partial charge on any atom is -0.442 e. The van der Waals surface area contributed by atoms with Crippen LogP contribution in [0.2, 0.25) is 5.02 Å². The molecule has 0 saturated heterocycles. The number of primary amides is 1. The number of amides is 1. The van der Waals surface area contributed by atoms with Crippen LogP contribution in [-0.4, -0.2) is 6.09 Å². The summed E-state index contributed by atoms with van der Waals surface area (Å²) < 4.78 is 4.77. The average molecular weight is 200 g/mol. The molecule has 0 aliphatic heterocycles. The topological polar surface area (TPSA) is 52.3 Å². The largest absolute Gasteiger partial charge is 0.442 e. The third-order valence-electron chi connectivity index (χ3n) is 1.61. The maximum absolute atomic E-state index is 10.4. The van der Waals surface area contributed by atoms with E-state index in [-0.39, 0.29) is 6.10 Å². The van der Waals surface area contributed by atoms with Crippen LogP contribution in [0.5, 0.6) is 0 Å². The molecule has 0 saturated carbocycles. The van der Waals surface area contributed by atoms with Gasteiger partial charge in [-0.05, 0) is 24.6 Å². The smallest absolute Gasteiger partial charge is 0.405 e. The van der Waals surface area contributed by atoms with Crippen LogP contribution in [0.1, 0.15) is 18.6 Å². The van der Waals surface area contributed by atoms with Gasteiger partial charge in [0, 0.05) is 5.02 Å². The van der Waals surface area contributed by atoms with Gasteiger partial charge in [0.2, 0.25) is 0 Å². The number of nitrogens with two attached hydrogens (primary N) is 1. The lowest BCUT2D eigenvalue weighted by molar-refractivity contribution is 0.116. The van der Waals surface area contributed by atoms with Gasteiger partial charge in [-0.15, -0.1) is 0 Å². The van der Waals surface area contributed by atoms with Crippen LogP contribution in [0.15, 0.2) is 24.3 Å². The molecule has 0 fully saturated rings. The molecule has 0 radical (unpaired) electrons. The zero-order valence-corrected chi connectivity index (χ0v) is 7.91. The summed E-state index contributed by atoms with van der Waals surface area (Å²) in [6.07, 6.45) is -1.15. The summed E-state index contributed by atoms with van der Waals surface area (Å²) in [4.78, 5) is 10.4. The van der Waals surface area contributed by atoms with Gasteiger partial charge in [0.1, 0.15) is 6.10 Å². The fourth-order valence-corrected chi connectivity index (χ4v) is 1.20. The molecule has 1 unspecified atom stereocenters. The third kappa shape index (κ3) is 2.95. The number of halogens is 1. The van der Waals surface area contributed by atoms with Gasteiger partial charge >= 0.3 is 6.09 Å². The van der Waals surface area contributed by atoms with Gasteiger partial charge in [-0.3, -0.25) is 0 Å². The summed E-state index contributed by atoms with van der Waals surface area (Å²) >= 11 is 5.75. The second kappa shape index (κ2) is 4.14. The molecule has 1 amide bonds. The molecule has 2 N–H and O–H groups in total. The van der Waals surface area contributed by atoms with E-state index < -0.39 is 6.09 Å². The standard InChI is InChI=1S/C9H10ClNO2/c1-6(13-9(11)12)7-3-2-4-8(10)5-7/h2-6H,1H3,(H2,11,12). The molecule has 0 aliphatic rings. The van der Waals surface area contributed by atoms with E-state index in [2.05, 4.69) is 0 Å². The van der Waals surface area contributed by atoms with Crippen LogP contribution < -0.4 is 5.73 Å². The fraction of sp³-hybridized carbons (Fsp3) is 0.222. The second-order valence-electron chi connectivity index (χ2n) is 2.63. The van der Waals surface area contributed by atoms with Gasteiger partial charge in [-0.25, -0.2) is 4.79 Å². The van der Waals surface area contributed by atoms with E-state index >= 15 is 0 Å². The zero-order valence-electron chi connectivity index (χ0n) is 7.16. The number of ether oxygens (including phenoxy) is 1. The molecule has 0 aromatic heterocycles. The molecule has 3 nitrogen and oxygen atoms in total. The highest BCUT2D eigenvalue weighted by Gasteiger charge is 2.08. The number of benzene rings is 1. The number of carbonyl (C=O) groups excluding carboxylic acids is 1. The monoisotopic (exact) mass is 199 g/mol. The van der Waals surface area contributed by atoms with Crippen molar-refractivity contribution in [3.8, 4) is 0 Å². The van der Waals surface area contributed by atoms with Gasteiger partial charge in [0.05, 0.1) is 0 Å². The Morgan fingerprint density at radius 3 is 2.85 bits per heavy atom. The maximum atomic E-state index is 10.4. The lowest BCUT2D eigenvalue weighted by atomic mass is 10.1. The third-order valence-corrected chi connectivity index (χ3v) is 1.85. The van der Waals surface area contributed by atoms with Crippen molar-refractivity contribution in [3.63, 3.8) is 0 Å². The lowest BCUT2D eigenvalue weighted by Crippen LogP contribution is -2.15. The highest BCUT2D eigenvalue weighted by molar-refractivity contribution is 6.30. The SMILES string of the molecule is CC(OC(N)=O)c1cccc(Cl)c1. The van der Waals surface area contributed by atoms with E-state index in [1.165, 1.54) is 0 Å². The van der Waals surface area contributed by atoms with E-state index in [0.29, 0.717) is 5.02 Å². The first-order valence-electron chi connectivity index (χ1n) is 3.81. The van der Waals surface area contributed by atoms with Gasteiger partial charge in [0.25, 0.3) is 0 Å². The highest BCUT2D eigenvalue weighted by Crippen LogP contribution is 2.19. The Balaban J connectivity index is 2.76. The fourth-order valence-electron chi connectivity index (χ4n) is 1.00. The number of carbonyl (C=O) groups is 1. The Morgan fingerprint density at radius 1 is 1.62 bits per heavy atom. The average Bonchev–Trinajstić information content (AvgIpc) is 2.03. The summed E-state index contributed by atoms with van der Waals surface area (Å²) in [6.45, 7) is 1.73. The highest BCUT2D eigenvalue weighted by atomic mass is 35.5.